The first-order chi connectivity index (χ1) is 8.20. The number of unbranched alkanes of at least 4 members (excludes halogenated alkanes) is 5. The van der Waals surface area contributed by atoms with Gasteiger partial charge in [-0.1, -0.05) is 57.7 Å². The number of hydrogen-bond acceptors (Lipinski definition) is 2. The summed E-state index contributed by atoms with van der Waals surface area (Å²) < 4.78 is 0. The molecule has 1 aliphatic heterocycles. The fraction of sp³-hybridized carbons (Fsp3) is 0.929. The predicted molar refractivity (Wildman–Crippen MR) is 80.0 cm³/mol. The molecule has 0 aromatic carbocycles. The van der Waals surface area contributed by atoms with Gasteiger partial charge in [0.15, 0.2) is 5.17 Å². The van der Waals surface area contributed by atoms with Gasteiger partial charge in [-0.3, -0.25) is 4.99 Å². The number of nitrogens with zero attached hydrogens (tertiary/aromatic N) is 1. The third-order valence-corrected chi connectivity index (χ3v) is 4.77. The molecule has 0 radical (unpaired) electrons. The first-order valence-electron chi connectivity index (χ1n) is 7.15. The van der Waals surface area contributed by atoms with Crippen LogP contribution in [0.25, 0.3) is 0 Å². The van der Waals surface area contributed by atoms with Crippen LogP contribution in [-0.2, 0) is 0 Å². The molecule has 1 fully saturated rings. The lowest BCUT2D eigenvalue weighted by atomic mass is 10.0. The number of hydrogen-bond donors (Lipinski definition) is 1. The van der Waals surface area contributed by atoms with Crippen LogP contribution in [0.3, 0.4) is 0 Å². The Morgan fingerprint density at radius 1 is 1.18 bits per heavy atom. The first-order valence-corrected chi connectivity index (χ1v) is 8.14. The SMILES string of the molecule is CCCCCCCCN=C1NC(C)(CC)CS1. The van der Waals surface area contributed by atoms with Crippen molar-refractivity contribution in [2.24, 2.45) is 4.99 Å². The Bertz CT molecular complexity index is 240. The van der Waals surface area contributed by atoms with E-state index in [-0.39, 0.29) is 5.54 Å². The first kappa shape index (κ1) is 14.9. The van der Waals surface area contributed by atoms with E-state index in [1.807, 2.05) is 11.8 Å². The number of aliphatic imine (C=N–C) groups is 1. The van der Waals surface area contributed by atoms with Gasteiger partial charge < -0.3 is 5.32 Å². The number of amidine groups is 1. The molecule has 100 valence electrons. The molecule has 1 rings (SSSR count). The van der Waals surface area contributed by atoms with Gasteiger partial charge in [0.05, 0.1) is 0 Å². The lowest BCUT2D eigenvalue weighted by Crippen LogP contribution is -2.39. The monoisotopic (exact) mass is 256 g/mol. The number of thioether (sulfide) groups is 1. The molecule has 17 heavy (non-hydrogen) atoms. The van der Waals surface area contributed by atoms with Crippen molar-refractivity contribution in [3.8, 4) is 0 Å². The molecule has 1 unspecified atom stereocenters. The summed E-state index contributed by atoms with van der Waals surface area (Å²) >= 11 is 1.88. The van der Waals surface area contributed by atoms with Crippen LogP contribution < -0.4 is 5.32 Å². The minimum atomic E-state index is 0.282. The van der Waals surface area contributed by atoms with E-state index in [1.165, 1.54) is 55.9 Å². The highest BCUT2D eigenvalue weighted by Gasteiger charge is 2.30. The number of rotatable bonds is 8. The summed E-state index contributed by atoms with van der Waals surface area (Å²) in [5, 5.41) is 4.71. The molecule has 1 saturated heterocycles. The maximum absolute atomic E-state index is 4.65. The largest absolute Gasteiger partial charge is 0.359 e. The summed E-state index contributed by atoms with van der Waals surface area (Å²) in [4.78, 5) is 4.65. The lowest BCUT2D eigenvalue weighted by Gasteiger charge is -2.20. The molecule has 0 amide bonds. The normalized spacial score (nSPS) is 26.4. The zero-order valence-electron chi connectivity index (χ0n) is 11.7. The van der Waals surface area contributed by atoms with Gasteiger partial charge in [0.2, 0.25) is 0 Å². The molecule has 0 aliphatic carbocycles. The van der Waals surface area contributed by atoms with E-state index in [0.29, 0.717) is 0 Å². The highest BCUT2D eigenvalue weighted by atomic mass is 32.2. The zero-order chi connectivity index (χ0) is 12.6. The van der Waals surface area contributed by atoms with Crippen molar-refractivity contribution in [1.82, 2.24) is 5.32 Å². The molecule has 0 spiro atoms. The van der Waals surface area contributed by atoms with Gasteiger partial charge in [0.25, 0.3) is 0 Å². The summed E-state index contributed by atoms with van der Waals surface area (Å²) in [6, 6.07) is 0. The number of nitrogens with one attached hydrogen (secondary N) is 1. The van der Waals surface area contributed by atoms with E-state index < -0.39 is 0 Å². The van der Waals surface area contributed by atoms with Gasteiger partial charge in [-0.25, -0.2) is 0 Å². The van der Waals surface area contributed by atoms with Crippen LogP contribution in [0.15, 0.2) is 4.99 Å². The van der Waals surface area contributed by atoms with Crippen molar-refractivity contribution in [3.05, 3.63) is 0 Å². The van der Waals surface area contributed by atoms with Crippen molar-refractivity contribution in [1.29, 1.82) is 0 Å². The molecule has 1 aliphatic rings. The second kappa shape index (κ2) is 8.02. The smallest absolute Gasteiger partial charge is 0.157 e. The Hall–Kier alpha value is -0.180. The van der Waals surface area contributed by atoms with Crippen LogP contribution in [-0.4, -0.2) is 23.0 Å². The van der Waals surface area contributed by atoms with Gasteiger partial charge >= 0.3 is 0 Å². The second-order valence-electron chi connectivity index (χ2n) is 5.28. The Kier molecular flexibility index (Phi) is 7.02. The van der Waals surface area contributed by atoms with Gasteiger partial charge in [0.1, 0.15) is 0 Å². The molecule has 0 saturated carbocycles. The van der Waals surface area contributed by atoms with Crippen molar-refractivity contribution < 1.29 is 0 Å². The van der Waals surface area contributed by atoms with Gasteiger partial charge in [-0.05, 0) is 19.8 Å². The molecule has 0 bridgehead atoms. The molecule has 1 atom stereocenters. The fourth-order valence-corrected chi connectivity index (χ4v) is 3.14. The van der Waals surface area contributed by atoms with Crippen molar-refractivity contribution in [2.45, 2.75) is 71.3 Å². The highest BCUT2D eigenvalue weighted by molar-refractivity contribution is 8.14. The summed E-state index contributed by atoms with van der Waals surface area (Å²) in [6.07, 6.45) is 9.26. The second-order valence-corrected chi connectivity index (χ2v) is 6.25. The minimum absolute atomic E-state index is 0.282. The summed E-state index contributed by atoms with van der Waals surface area (Å²) in [6.45, 7) is 7.79. The van der Waals surface area contributed by atoms with Crippen LogP contribution in [0.1, 0.15) is 65.7 Å². The molecule has 0 aromatic rings. The van der Waals surface area contributed by atoms with Gasteiger partial charge in [-0.2, -0.15) is 0 Å². The molecular weight excluding hydrogens is 228 g/mol. The average Bonchev–Trinajstić information content (AvgIpc) is 2.71. The Labute approximate surface area is 111 Å². The van der Waals surface area contributed by atoms with Gasteiger partial charge in [-0.15, -0.1) is 0 Å². The fourth-order valence-electron chi connectivity index (χ4n) is 1.91. The zero-order valence-corrected chi connectivity index (χ0v) is 12.5. The molecule has 3 heteroatoms. The Balaban J connectivity index is 2.06. The minimum Gasteiger partial charge on any atom is -0.359 e. The topological polar surface area (TPSA) is 24.4 Å². The van der Waals surface area contributed by atoms with E-state index in [4.69, 9.17) is 0 Å². The van der Waals surface area contributed by atoms with Gasteiger partial charge in [0, 0.05) is 17.8 Å². The predicted octanol–water partition coefficient (Wildman–Crippen LogP) is 4.21. The van der Waals surface area contributed by atoms with Crippen LogP contribution >= 0.6 is 11.8 Å². The van der Waals surface area contributed by atoms with Crippen LogP contribution in [0.4, 0.5) is 0 Å². The Morgan fingerprint density at radius 2 is 1.88 bits per heavy atom. The van der Waals surface area contributed by atoms with E-state index in [1.54, 1.807) is 0 Å². The summed E-state index contributed by atoms with van der Waals surface area (Å²) in [5.74, 6) is 1.17. The maximum Gasteiger partial charge on any atom is 0.157 e. The maximum atomic E-state index is 4.65. The summed E-state index contributed by atoms with van der Waals surface area (Å²) in [5.41, 5.74) is 0.282. The lowest BCUT2D eigenvalue weighted by molar-refractivity contribution is 0.466. The Morgan fingerprint density at radius 3 is 2.53 bits per heavy atom. The van der Waals surface area contributed by atoms with Crippen molar-refractivity contribution in [3.63, 3.8) is 0 Å². The van der Waals surface area contributed by atoms with Crippen LogP contribution in [0.2, 0.25) is 0 Å². The third-order valence-electron chi connectivity index (χ3n) is 3.48. The quantitative estimate of drug-likeness (QED) is 0.658. The van der Waals surface area contributed by atoms with E-state index in [2.05, 4.69) is 31.1 Å². The highest BCUT2D eigenvalue weighted by Crippen LogP contribution is 2.25. The van der Waals surface area contributed by atoms with E-state index in [0.717, 1.165) is 6.54 Å². The van der Waals surface area contributed by atoms with Crippen LogP contribution in [0.5, 0.6) is 0 Å². The third kappa shape index (κ3) is 5.80. The van der Waals surface area contributed by atoms with E-state index in [9.17, 15) is 0 Å². The van der Waals surface area contributed by atoms with Crippen LogP contribution in [0, 0.1) is 0 Å². The van der Waals surface area contributed by atoms with Crippen molar-refractivity contribution in [2.75, 3.05) is 12.3 Å². The molecular formula is C14H28N2S. The summed E-state index contributed by atoms with van der Waals surface area (Å²) in [7, 11) is 0. The molecule has 1 heterocycles. The molecule has 2 nitrogen and oxygen atoms in total. The average molecular weight is 256 g/mol. The van der Waals surface area contributed by atoms with Crippen molar-refractivity contribution >= 4 is 16.9 Å². The molecule has 1 N–H and O–H groups in total. The van der Waals surface area contributed by atoms with E-state index >= 15 is 0 Å². The standard InChI is InChI=1S/C14H28N2S/c1-4-6-7-8-9-10-11-15-13-16-14(3,5-2)12-17-13/h4-12H2,1-3H3,(H,15,16). The molecule has 0 aromatic heterocycles.